The zero-order chi connectivity index (χ0) is 11.4. The first-order chi connectivity index (χ1) is 7.75. The van der Waals surface area contributed by atoms with E-state index < -0.39 is 0 Å². The first-order valence-corrected chi connectivity index (χ1v) is 5.83. The molecule has 1 aliphatic rings. The Hall–Kier alpha value is -1.51. The van der Waals surface area contributed by atoms with Crippen molar-refractivity contribution >= 4 is 11.6 Å². The molecule has 16 heavy (non-hydrogen) atoms. The lowest BCUT2D eigenvalue weighted by molar-refractivity contribution is -0.119. The number of carbonyl (C=O) groups excluding carboxylic acids is 1. The number of rotatable bonds is 2. The van der Waals surface area contributed by atoms with Gasteiger partial charge in [-0.1, -0.05) is 18.2 Å². The van der Waals surface area contributed by atoms with E-state index in [9.17, 15) is 4.79 Å². The van der Waals surface area contributed by atoms with Gasteiger partial charge in [-0.15, -0.1) is 0 Å². The summed E-state index contributed by atoms with van der Waals surface area (Å²) in [5, 5.41) is 3.00. The average Bonchev–Trinajstić information content (AvgIpc) is 2.30. The molecule has 1 fully saturated rings. The van der Waals surface area contributed by atoms with E-state index in [2.05, 4.69) is 34.5 Å². The lowest BCUT2D eigenvalue weighted by Gasteiger charge is -2.34. The van der Waals surface area contributed by atoms with Crippen LogP contribution in [0.5, 0.6) is 0 Å². The molecule has 1 atom stereocenters. The molecule has 3 nitrogen and oxygen atoms in total. The van der Waals surface area contributed by atoms with Gasteiger partial charge in [-0.2, -0.15) is 0 Å². The zero-order valence-corrected chi connectivity index (χ0v) is 9.65. The summed E-state index contributed by atoms with van der Waals surface area (Å²) in [4.78, 5) is 13.4. The molecule has 1 N–H and O–H groups in total. The number of para-hydroxylation sites is 1. The van der Waals surface area contributed by atoms with Gasteiger partial charge < -0.3 is 10.2 Å². The highest BCUT2D eigenvalue weighted by atomic mass is 16.1. The van der Waals surface area contributed by atoms with Crippen molar-refractivity contribution in [1.82, 2.24) is 5.32 Å². The fraction of sp³-hybridized carbons (Fsp3) is 0.462. The summed E-state index contributed by atoms with van der Waals surface area (Å²) in [6.07, 6.45) is 2.22. The first-order valence-electron chi connectivity index (χ1n) is 5.83. The highest BCUT2D eigenvalue weighted by Gasteiger charge is 2.20. The normalized spacial score (nSPS) is 20.6. The molecular weight excluding hydrogens is 200 g/mol. The summed E-state index contributed by atoms with van der Waals surface area (Å²) in [5.74, 6) is 0.0694. The fourth-order valence-corrected chi connectivity index (χ4v) is 2.26. The van der Waals surface area contributed by atoms with Gasteiger partial charge in [0.05, 0.1) is 0 Å². The monoisotopic (exact) mass is 218 g/mol. The molecule has 1 heterocycles. The van der Waals surface area contributed by atoms with Crippen LogP contribution in [0.15, 0.2) is 30.3 Å². The first kappa shape index (κ1) is 11.0. The maximum Gasteiger partial charge on any atom is 0.217 e. The van der Waals surface area contributed by atoms with E-state index in [0.717, 1.165) is 25.9 Å². The van der Waals surface area contributed by atoms with E-state index in [1.807, 2.05) is 6.07 Å². The van der Waals surface area contributed by atoms with Crippen LogP contribution in [0.4, 0.5) is 5.69 Å². The molecule has 1 unspecified atom stereocenters. The summed E-state index contributed by atoms with van der Waals surface area (Å²) < 4.78 is 0. The van der Waals surface area contributed by atoms with Gasteiger partial charge in [0.15, 0.2) is 0 Å². The van der Waals surface area contributed by atoms with Crippen molar-refractivity contribution in [3.05, 3.63) is 30.3 Å². The van der Waals surface area contributed by atoms with Crippen LogP contribution in [-0.4, -0.2) is 25.0 Å². The molecule has 0 saturated carbocycles. The highest BCUT2D eigenvalue weighted by Crippen LogP contribution is 2.19. The Morgan fingerprint density at radius 2 is 2.12 bits per heavy atom. The van der Waals surface area contributed by atoms with Gasteiger partial charge in [0, 0.05) is 31.7 Å². The lowest BCUT2D eigenvalue weighted by atomic mass is 10.0. The summed E-state index contributed by atoms with van der Waals surface area (Å²) in [6.45, 7) is 3.59. The van der Waals surface area contributed by atoms with E-state index >= 15 is 0 Å². The minimum Gasteiger partial charge on any atom is -0.369 e. The number of hydrogen-bond acceptors (Lipinski definition) is 2. The second-order valence-electron chi connectivity index (χ2n) is 4.32. The van der Waals surface area contributed by atoms with Gasteiger partial charge in [0.25, 0.3) is 0 Å². The van der Waals surface area contributed by atoms with Gasteiger partial charge in [0.2, 0.25) is 5.91 Å². The molecule has 0 aromatic heterocycles. The maximum atomic E-state index is 11.0. The van der Waals surface area contributed by atoms with Crippen molar-refractivity contribution < 1.29 is 4.79 Å². The molecule has 1 aliphatic heterocycles. The number of carbonyl (C=O) groups is 1. The van der Waals surface area contributed by atoms with Crippen molar-refractivity contribution in [2.24, 2.45) is 0 Å². The van der Waals surface area contributed by atoms with E-state index in [4.69, 9.17) is 0 Å². The van der Waals surface area contributed by atoms with E-state index in [0.29, 0.717) is 6.04 Å². The third kappa shape index (κ3) is 2.75. The van der Waals surface area contributed by atoms with Crippen molar-refractivity contribution in [3.8, 4) is 0 Å². The third-order valence-electron chi connectivity index (χ3n) is 2.95. The molecule has 3 heteroatoms. The molecule has 86 valence electrons. The van der Waals surface area contributed by atoms with E-state index in [-0.39, 0.29) is 5.91 Å². The molecule has 0 spiro atoms. The zero-order valence-electron chi connectivity index (χ0n) is 9.65. The molecule has 2 rings (SSSR count). The number of piperidine rings is 1. The van der Waals surface area contributed by atoms with Gasteiger partial charge >= 0.3 is 0 Å². The van der Waals surface area contributed by atoms with Crippen LogP contribution in [0.2, 0.25) is 0 Å². The van der Waals surface area contributed by atoms with Crippen LogP contribution >= 0.6 is 0 Å². The molecule has 1 aromatic carbocycles. The Labute approximate surface area is 96.5 Å². The van der Waals surface area contributed by atoms with Gasteiger partial charge in [-0.25, -0.2) is 0 Å². The summed E-state index contributed by atoms with van der Waals surface area (Å²) in [5.41, 5.74) is 1.25. The molecule has 0 radical (unpaired) electrons. The predicted octanol–water partition coefficient (Wildman–Crippen LogP) is 1.79. The van der Waals surface area contributed by atoms with Gasteiger partial charge in [-0.3, -0.25) is 4.79 Å². The van der Waals surface area contributed by atoms with Crippen molar-refractivity contribution in [1.29, 1.82) is 0 Å². The second-order valence-corrected chi connectivity index (χ2v) is 4.32. The number of anilines is 1. The topological polar surface area (TPSA) is 32.3 Å². The Balaban J connectivity index is 1.99. The second kappa shape index (κ2) is 5.01. The van der Waals surface area contributed by atoms with Gasteiger partial charge in [0.1, 0.15) is 0 Å². The van der Waals surface area contributed by atoms with Crippen LogP contribution in [0.1, 0.15) is 19.8 Å². The Morgan fingerprint density at radius 3 is 2.81 bits per heavy atom. The fourth-order valence-electron chi connectivity index (χ4n) is 2.26. The number of nitrogens with one attached hydrogen (secondary N) is 1. The van der Waals surface area contributed by atoms with Crippen molar-refractivity contribution in [3.63, 3.8) is 0 Å². The molecular formula is C13H18N2O. The third-order valence-corrected chi connectivity index (χ3v) is 2.95. The standard InChI is InChI=1S/C13H18N2O/c1-11(16)14-12-6-5-9-15(10-12)13-7-3-2-4-8-13/h2-4,7-8,12H,5-6,9-10H2,1H3,(H,14,16). The predicted molar refractivity (Wildman–Crippen MR) is 65.5 cm³/mol. The largest absolute Gasteiger partial charge is 0.369 e. The average molecular weight is 218 g/mol. The van der Waals surface area contributed by atoms with Crippen LogP contribution < -0.4 is 10.2 Å². The number of benzene rings is 1. The van der Waals surface area contributed by atoms with Crippen LogP contribution in [0.3, 0.4) is 0 Å². The highest BCUT2D eigenvalue weighted by molar-refractivity contribution is 5.73. The summed E-state index contributed by atoms with van der Waals surface area (Å²) >= 11 is 0. The minimum absolute atomic E-state index is 0.0694. The number of amides is 1. The lowest BCUT2D eigenvalue weighted by Crippen LogP contribution is -2.47. The van der Waals surface area contributed by atoms with E-state index in [1.54, 1.807) is 6.92 Å². The van der Waals surface area contributed by atoms with Gasteiger partial charge in [-0.05, 0) is 25.0 Å². The summed E-state index contributed by atoms with van der Waals surface area (Å²) in [7, 11) is 0. The molecule has 1 saturated heterocycles. The molecule has 1 aromatic rings. The number of nitrogens with zero attached hydrogens (tertiary/aromatic N) is 1. The molecule has 1 amide bonds. The van der Waals surface area contributed by atoms with E-state index in [1.165, 1.54) is 5.69 Å². The quantitative estimate of drug-likeness (QED) is 0.820. The minimum atomic E-state index is 0.0694. The van der Waals surface area contributed by atoms with Crippen molar-refractivity contribution in [2.75, 3.05) is 18.0 Å². The SMILES string of the molecule is CC(=O)NC1CCCN(c2ccccc2)C1. The Morgan fingerprint density at radius 1 is 1.38 bits per heavy atom. The van der Waals surface area contributed by atoms with Crippen molar-refractivity contribution in [2.45, 2.75) is 25.8 Å². The molecule has 0 bridgehead atoms. The number of hydrogen-bond donors (Lipinski definition) is 1. The Bertz CT molecular complexity index is 350. The van der Waals surface area contributed by atoms with Crippen LogP contribution in [0, 0.1) is 0 Å². The maximum absolute atomic E-state index is 11.0. The van der Waals surface area contributed by atoms with Crippen LogP contribution in [0.25, 0.3) is 0 Å². The summed E-state index contributed by atoms with van der Waals surface area (Å²) in [6, 6.07) is 10.7. The van der Waals surface area contributed by atoms with Crippen LogP contribution in [-0.2, 0) is 4.79 Å². The Kier molecular flexibility index (Phi) is 3.44. The molecule has 0 aliphatic carbocycles. The smallest absolute Gasteiger partial charge is 0.217 e.